The second-order valence-electron chi connectivity index (χ2n) is 6.21. The van der Waals surface area contributed by atoms with E-state index >= 15 is 0 Å². The topological polar surface area (TPSA) is 73.3 Å². The fourth-order valence-electron chi connectivity index (χ4n) is 2.65. The van der Waals surface area contributed by atoms with E-state index in [0.29, 0.717) is 32.4 Å². The Bertz CT molecular complexity index is 997. The Labute approximate surface area is 182 Å². The molecular weight excluding hydrogens is 454 g/mol. The average Bonchev–Trinajstić information content (AvgIpc) is 2.68. The molecule has 3 aromatic rings. The lowest BCUT2D eigenvalue weighted by Gasteiger charge is -2.12. The zero-order valence-electron chi connectivity index (χ0n) is 16.4. The summed E-state index contributed by atoms with van der Waals surface area (Å²) in [5.41, 5.74) is 2.99. The van der Waals surface area contributed by atoms with Gasteiger partial charge in [-0.25, -0.2) is 9.97 Å². The minimum Gasteiger partial charge on any atom is -0.495 e. The molecule has 3 rings (SSSR count). The molecule has 0 aliphatic heterocycles. The summed E-state index contributed by atoms with van der Waals surface area (Å²) in [7, 11) is 3.08. The van der Waals surface area contributed by atoms with E-state index in [9.17, 15) is 4.79 Å². The number of nitrogens with zero attached hydrogens (tertiary/aromatic N) is 2. The van der Waals surface area contributed by atoms with Crippen molar-refractivity contribution in [1.82, 2.24) is 9.97 Å². The van der Waals surface area contributed by atoms with Crippen LogP contribution >= 0.6 is 27.7 Å². The van der Waals surface area contributed by atoms with Crippen molar-refractivity contribution in [3.63, 3.8) is 0 Å². The summed E-state index contributed by atoms with van der Waals surface area (Å²) < 4.78 is 11.3. The van der Waals surface area contributed by atoms with Gasteiger partial charge < -0.3 is 14.8 Å². The van der Waals surface area contributed by atoms with Crippen LogP contribution in [0.1, 0.15) is 21.7 Å². The smallest absolute Gasteiger partial charge is 0.255 e. The SMILES string of the molecule is COc1cc(C(=O)Nc2ccc(Sc3nc(C)cc(C)n3)cc2)cc(OC)c1Br. The number of benzene rings is 2. The normalized spacial score (nSPS) is 10.5. The van der Waals surface area contributed by atoms with E-state index in [1.807, 2.05) is 44.2 Å². The highest BCUT2D eigenvalue weighted by atomic mass is 79.9. The number of hydrogen-bond donors (Lipinski definition) is 1. The summed E-state index contributed by atoms with van der Waals surface area (Å²) in [4.78, 5) is 22.5. The molecule has 0 aliphatic rings. The van der Waals surface area contributed by atoms with Crippen LogP contribution in [0, 0.1) is 13.8 Å². The summed E-state index contributed by atoms with van der Waals surface area (Å²) in [6, 6.07) is 12.8. The van der Waals surface area contributed by atoms with E-state index in [2.05, 4.69) is 31.2 Å². The summed E-state index contributed by atoms with van der Waals surface area (Å²) in [6.45, 7) is 3.90. The number of rotatable bonds is 6. The second-order valence-corrected chi connectivity index (χ2v) is 8.04. The van der Waals surface area contributed by atoms with Gasteiger partial charge in [-0.05, 0) is 84.0 Å². The first-order chi connectivity index (χ1) is 13.9. The standard InChI is InChI=1S/C21H20BrN3O3S/c1-12-9-13(2)24-21(23-12)29-16-7-5-15(6-8-16)25-20(26)14-10-17(27-3)19(22)18(11-14)28-4/h5-11H,1-4H3,(H,25,26). The van der Waals surface area contributed by atoms with E-state index in [1.165, 1.54) is 26.0 Å². The lowest BCUT2D eigenvalue weighted by molar-refractivity contribution is 0.102. The molecule has 1 amide bonds. The third-order valence-corrected chi connectivity index (χ3v) is 5.65. The van der Waals surface area contributed by atoms with Crippen LogP contribution in [-0.2, 0) is 0 Å². The van der Waals surface area contributed by atoms with Gasteiger partial charge in [0.25, 0.3) is 5.91 Å². The van der Waals surface area contributed by atoms with Crippen molar-refractivity contribution in [3.8, 4) is 11.5 Å². The predicted octanol–water partition coefficient (Wildman–Crippen LogP) is 5.28. The molecule has 0 aliphatic carbocycles. The molecule has 0 spiro atoms. The largest absolute Gasteiger partial charge is 0.495 e. The highest BCUT2D eigenvalue weighted by Gasteiger charge is 2.15. The number of methoxy groups -OCH3 is 2. The van der Waals surface area contributed by atoms with E-state index in [4.69, 9.17) is 9.47 Å². The lowest BCUT2D eigenvalue weighted by atomic mass is 10.1. The fourth-order valence-corrected chi connectivity index (χ4v) is 4.07. The highest BCUT2D eigenvalue weighted by molar-refractivity contribution is 9.10. The number of aromatic nitrogens is 2. The molecule has 0 bridgehead atoms. The quantitative estimate of drug-likeness (QED) is 0.491. The van der Waals surface area contributed by atoms with Gasteiger partial charge in [0.05, 0.1) is 14.2 Å². The third kappa shape index (κ3) is 5.27. The van der Waals surface area contributed by atoms with Crippen LogP contribution in [0.2, 0.25) is 0 Å². The minimum atomic E-state index is -0.257. The number of carbonyl (C=O) groups is 1. The van der Waals surface area contributed by atoms with Crippen molar-refractivity contribution in [2.24, 2.45) is 0 Å². The number of hydrogen-bond acceptors (Lipinski definition) is 6. The molecule has 0 saturated carbocycles. The molecule has 1 aromatic heterocycles. The first kappa shape index (κ1) is 21.1. The lowest BCUT2D eigenvalue weighted by Crippen LogP contribution is -2.12. The molecule has 150 valence electrons. The number of anilines is 1. The maximum absolute atomic E-state index is 12.6. The van der Waals surface area contributed by atoms with Crippen LogP contribution in [-0.4, -0.2) is 30.1 Å². The van der Waals surface area contributed by atoms with Crippen LogP contribution in [0.3, 0.4) is 0 Å². The van der Waals surface area contributed by atoms with Crippen LogP contribution in [0.15, 0.2) is 57.0 Å². The van der Waals surface area contributed by atoms with Gasteiger partial charge in [0, 0.05) is 27.5 Å². The Morgan fingerprint density at radius 2 is 1.52 bits per heavy atom. The Morgan fingerprint density at radius 3 is 2.03 bits per heavy atom. The van der Waals surface area contributed by atoms with E-state index in [0.717, 1.165) is 16.3 Å². The molecule has 6 nitrogen and oxygen atoms in total. The van der Waals surface area contributed by atoms with Gasteiger partial charge in [0.1, 0.15) is 16.0 Å². The molecule has 1 heterocycles. The van der Waals surface area contributed by atoms with Crippen molar-refractivity contribution in [2.45, 2.75) is 23.9 Å². The van der Waals surface area contributed by atoms with Crippen LogP contribution in [0.25, 0.3) is 0 Å². The maximum atomic E-state index is 12.6. The molecule has 0 atom stereocenters. The molecule has 8 heteroatoms. The summed E-state index contributed by atoms with van der Waals surface area (Å²) in [6.07, 6.45) is 0. The zero-order chi connectivity index (χ0) is 21.0. The van der Waals surface area contributed by atoms with Crippen molar-refractivity contribution in [2.75, 3.05) is 19.5 Å². The number of aryl methyl sites for hydroxylation is 2. The maximum Gasteiger partial charge on any atom is 0.255 e. The van der Waals surface area contributed by atoms with Gasteiger partial charge in [-0.2, -0.15) is 0 Å². The van der Waals surface area contributed by atoms with Gasteiger partial charge in [0.2, 0.25) is 0 Å². The number of carbonyl (C=O) groups excluding carboxylic acids is 1. The van der Waals surface area contributed by atoms with Crippen LogP contribution in [0.5, 0.6) is 11.5 Å². The van der Waals surface area contributed by atoms with E-state index in [-0.39, 0.29) is 5.91 Å². The van der Waals surface area contributed by atoms with E-state index in [1.54, 1.807) is 12.1 Å². The number of nitrogens with one attached hydrogen (secondary N) is 1. The molecule has 0 unspecified atom stereocenters. The number of ether oxygens (including phenoxy) is 2. The Kier molecular flexibility index (Phi) is 6.76. The van der Waals surface area contributed by atoms with Gasteiger partial charge >= 0.3 is 0 Å². The molecule has 0 saturated heterocycles. The van der Waals surface area contributed by atoms with Crippen LogP contribution in [0.4, 0.5) is 5.69 Å². The van der Waals surface area contributed by atoms with Gasteiger partial charge in [-0.1, -0.05) is 0 Å². The fraction of sp³-hybridized carbons (Fsp3) is 0.190. The number of halogens is 1. The van der Waals surface area contributed by atoms with Crippen molar-refractivity contribution >= 4 is 39.3 Å². The highest BCUT2D eigenvalue weighted by Crippen LogP contribution is 2.36. The molecule has 1 N–H and O–H groups in total. The van der Waals surface area contributed by atoms with Gasteiger partial charge in [-0.15, -0.1) is 0 Å². The molecular formula is C21H20BrN3O3S. The molecule has 0 radical (unpaired) electrons. The summed E-state index contributed by atoms with van der Waals surface area (Å²) in [5, 5.41) is 3.59. The zero-order valence-corrected chi connectivity index (χ0v) is 18.8. The van der Waals surface area contributed by atoms with E-state index < -0.39 is 0 Å². The summed E-state index contributed by atoms with van der Waals surface area (Å²) >= 11 is 4.88. The van der Waals surface area contributed by atoms with Crippen molar-refractivity contribution in [3.05, 3.63) is 63.9 Å². The average molecular weight is 474 g/mol. The first-order valence-electron chi connectivity index (χ1n) is 8.72. The predicted molar refractivity (Wildman–Crippen MR) is 117 cm³/mol. The minimum absolute atomic E-state index is 0.257. The Hall–Kier alpha value is -2.58. The van der Waals surface area contributed by atoms with Crippen LogP contribution < -0.4 is 14.8 Å². The molecule has 2 aromatic carbocycles. The Morgan fingerprint density at radius 1 is 0.966 bits per heavy atom. The van der Waals surface area contributed by atoms with Crippen molar-refractivity contribution in [1.29, 1.82) is 0 Å². The Balaban J connectivity index is 1.73. The first-order valence-corrected chi connectivity index (χ1v) is 10.3. The monoisotopic (exact) mass is 473 g/mol. The van der Waals surface area contributed by atoms with Gasteiger partial charge in [0.15, 0.2) is 5.16 Å². The third-order valence-electron chi connectivity index (χ3n) is 3.99. The number of amides is 1. The summed E-state index contributed by atoms with van der Waals surface area (Å²) in [5.74, 6) is 0.788. The molecule has 29 heavy (non-hydrogen) atoms. The molecule has 0 fully saturated rings. The van der Waals surface area contributed by atoms with Gasteiger partial charge in [-0.3, -0.25) is 4.79 Å². The second kappa shape index (κ2) is 9.28. The van der Waals surface area contributed by atoms with Crippen molar-refractivity contribution < 1.29 is 14.3 Å².